The quantitative estimate of drug-likeness (QED) is 0.801. The summed E-state index contributed by atoms with van der Waals surface area (Å²) in [6.45, 7) is 1.89. The van der Waals surface area contributed by atoms with Gasteiger partial charge in [0.15, 0.2) is 5.15 Å². The van der Waals surface area contributed by atoms with Crippen LogP contribution < -0.4 is 0 Å². The Bertz CT molecular complexity index is 344. The van der Waals surface area contributed by atoms with Gasteiger partial charge in [-0.05, 0) is 32.6 Å². The number of halogens is 1. The first-order chi connectivity index (χ1) is 7.08. The van der Waals surface area contributed by atoms with Crippen molar-refractivity contribution in [1.29, 1.82) is 0 Å². The molecule has 1 aliphatic carbocycles. The van der Waals surface area contributed by atoms with Crippen molar-refractivity contribution < 1.29 is 5.11 Å². The van der Waals surface area contributed by atoms with E-state index in [1.54, 1.807) is 12.4 Å². The second-order valence-corrected chi connectivity index (χ2v) is 4.86. The van der Waals surface area contributed by atoms with Crippen LogP contribution in [-0.2, 0) is 0 Å². The van der Waals surface area contributed by atoms with E-state index in [0.717, 1.165) is 31.4 Å². The van der Waals surface area contributed by atoms with Gasteiger partial charge >= 0.3 is 0 Å². The highest BCUT2D eigenvalue weighted by molar-refractivity contribution is 6.30. The Morgan fingerprint density at radius 1 is 1.33 bits per heavy atom. The zero-order chi connectivity index (χ0) is 10.9. The molecule has 1 aromatic heterocycles. The Morgan fingerprint density at radius 3 is 2.53 bits per heavy atom. The summed E-state index contributed by atoms with van der Waals surface area (Å²) in [6.07, 6.45) is 6.77. The molecular weight excluding hydrogens is 212 g/mol. The van der Waals surface area contributed by atoms with Crippen molar-refractivity contribution in [3.05, 3.63) is 23.2 Å². The molecule has 0 radical (unpaired) electrons. The number of aromatic nitrogens is 2. The SMILES string of the molecule is C[C@]1(O)CC[C@H](c2nccnc2Cl)CC1. The van der Waals surface area contributed by atoms with Crippen LogP contribution >= 0.6 is 11.6 Å². The van der Waals surface area contributed by atoms with E-state index in [1.165, 1.54) is 0 Å². The molecule has 0 amide bonds. The molecule has 0 bridgehead atoms. The van der Waals surface area contributed by atoms with Crippen LogP contribution in [0.1, 0.15) is 44.2 Å². The van der Waals surface area contributed by atoms with E-state index in [4.69, 9.17) is 11.6 Å². The van der Waals surface area contributed by atoms with Gasteiger partial charge in [0.1, 0.15) is 0 Å². The molecule has 0 unspecified atom stereocenters. The second-order valence-electron chi connectivity index (χ2n) is 4.50. The van der Waals surface area contributed by atoms with E-state index in [-0.39, 0.29) is 0 Å². The van der Waals surface area contributed by atoms with Gasteiger partial charge in [-0.15, -0.1) is 0 Å². The molecule has 3 nitrogen and oxygen atoms in total. The molecule has 0 atom stereocenters. The van der Waals surface area contributed by atoms with E-state index in [1.807, 2.05) is 6.92 Å². The lowest BCUT2D eigenvalue weighted by molar-refractivity contribution is 0.0168. The molecule has 82 valence electrons. The summed E-state index contributed by atoms with van der Waals surface area (Å²) in [7, 11) is 0. The molecule has 0 spiro atoms. The van der Waals surface area contributed by atoms with Crippen LogP contribution in [-0.4, -0.2) is 20.7 Å². The van der Waals surface area contributed by atoms with Crippen LogP contribution in [0.25, 0.3) is 0 Å². The van der Waals surface area contributed by atoms with Crippen LogP contribution in [0.3, 0.4) is 0 Å². The Kier molecular flexibility index (Phi) is 2.94. The normalized spacial score (nSPS) is 31.5. The zero-order valence-electron chi connectivity index (χ0n) is 8.78. The topological polar surface area (TPSA) is 46.0 Å². The number of hydrogen-bond donors (Lipinski definition) is 1. The second kappa shape index (κ2) is 4.06. The summed E-state index contributed by atoms with van der Waals surface area (Å²) in [4.78, 5) is 8.30. The fourth-order valence-electron chi connectivity index (χ4n) is 2.12. The molecule has 1 aliphatic rings. The Balaban J connectivity index is 2.11. The Labute approximate surface area is 94.5 Å². The van der Waals surface area contributed by atoms with Crippen molar-refractivity contribution in [2.45, 2.75) is 44.1 Å². The fourth-order valence-corrected chi connectivity index (χ4v) is 2.38. The molecule has 1 heterocycles. The summed E-state index contributed by atoms with van der Waals surface area (Å²) in [5.74, 6) is 0.353. The van der Waals surface area contributed by atoms with Crippen molar-refractivity contribution in [1.82, 2.24) is 9.97 Å². The van der Waals surface area contributed by atoms with Crippen LogP contribution in [0.5, 0.6) is 0 Å². The van der Waals surface area contributed by atoms with Crippen molar-refractivity contribution in [3.8, 4) is 0 Å². The zero-order valence-corrected chi connectivity index (χ0v) is 9.54. The number of aliphatic hydroxyl groups is 1. The van der Waals surface area contributed by atoms with Gasteiger partial charge in [0.25, 0.3) is 0 Å². The highest BCUT2D eigenvalue weighted by atomic mass is 35.5. The third-order valence-corrected chi connectivity index (χ3v) is 3.42. The molecule has 1 aromatic rings. The maximum absolute atomic E-state index is 9.84. The predicted molar refractivity (Wildman–Crippen MR) is 58.9 cm³/mol. The predicted octanol–water partition coefficient (Wildman–Crippen LogP) is 2.54. The van der Waals surface area contributed by atoms with Crippen LogP contribution in [0.2, 0.25) is 5.15 Å². The molecule has 2 rings (SSSR count). The minimum atomic E-state index is -0.509. The van der Waals surface area contributed by atoms with E-state index >= 15 is 0 Å². The van der Waals surface area contributed by atoms with Gasteiger partial charge in [-0.1, -0.05) is 11.6 Å². The summed E-state index contributed by atoms with van der Waals surface area (Å²) in [6, 6.07) is 0. The third-order valence-electron chi connectivity index (χ3n) is 3.13. The maximum Gasteiger partial charge on any atom is 0.150 e. The van der Waals surface area contributed by atoms with E-state index in [9.17, 15) is 5.11 Å². The van der Waals surface area contributed by atoms with Crippen molar-refractivity contribution in [2.24, 2.45) is 0 Å². The van der Waals surface area contributed by atoms with Gasteiger partial charge < -0.3 is 5.11 Å². The lowest BCUT2D eigenvalue weighted by atomic mass is 9.79. The van der Waals surface area contributed by atoms with E-state index < -0.39 is 5.60 Å². The molecule has 1 N–H and O–H groups in total. The molecule has 1 fully saturated rings. The molecular formula is C11H15ClN2O. The molecule has 0 aliphatic heterocycles. The lowest BCUT2D eigenvalue weighted by Crippen LogP contribution is -2.29. The van der Waals surface area contributed by atoms with Crippen LogP contribution in [0.15, 0.2) is 12.4 Å². The summed E-state index contributed by atoms with van der Waals surface area (Å²) in [5, 5.41) is 10.3. The summed E-state index contributed by atoms with van der Waals surface area (Å²) >= 11 is 5.99. The minimum Gasteiger partial charge on any atom is -0.390 e. The molecule has 0 aromatic carbocycles. The maximum atomic E-state index is 9.84. The first kappa shape index (κ1) is 10.8. The highest BCUT2D eigenvalue weighted by Gasteiger charge is 2.30. The van der Waals surface area contributed by atoms with Gasteiger partial charge in [0, 0.05) is 18.3 Å². The monoisotopic (exact) mass is 226 g/mol. The average molecular weight is 227 g/mol. The van der Waals surface area contributed by atoms with Gasteiger partial charge in [0.05, 0.1) is 11.3 Å². The number of nitrogens with zero attached hydrogens (tertiary/aromatic N) is 2. The minimum absolute atomic E-state index is 0.353. The average Bonchev–Trinajstić information content (AvgIpc) is 2.19. The highest BCUT2D eigenvalue weighted by Crippen LogP contribution is 2.38. The largest absolute Gasteiger partial charge is 0.390 e. The number of rotatable bonds is 1. The van der Waals surface area contributed by atoms with Crippen molar-refractivity contribution in [3.63, 3.8) is 0 Å². The third kappa shape index (κ3) is 2.47. The van der Waals surface area contributed by atoms with Crippen molar-refractivity contribution >= 4 is 11.6 Å². The molecule has 0 saturated heterocycles. The smallest absolute Gasteiger partial charge is 0.150 e. The first-order valence-corrected chi connectivity index (χ1v) is 5.65. The van der Waals surface area contributed by atoms with E-state index in [2.05, 4.69) is 9.97 Å². The molecule has 15 heavy (non-hydrogen) atoms. The molecule has 1 saturated carbocycles. The standard InChI is InChI=1S/C11H15ClN2O/c1-11(15)4-2-8(3-5-11)9-10(12)14-7-6-13-9/h6-8,15H,2-5H2,1H3/t8-,11-. The Morgan fingerprint density at radius 2 is 1.93 bits per heavy atom. The van der Waals surface area contributed by atoms with Gasteiger partial charge in [-0.3, -0.25) is 4.98 Å². The first-order valence-electron chi connectivity index (χ1n) is 5.27. The van der Waals surface area contributed by atoms with Gasteiger partial charge in [0.2, 0.25) is 0 Å². The molecule has 4 heteroatoms. The Hall–Kier alpha value is -0.670. The summed E-state index contributed by atoms with van der Waals surface area (Å²) in [5.41, 5.74) is 0.375. The van der Waals surface area contributed by atoms with Gasteiger partial charge in [-0.2, -0.15) is 0 Å². The summed E-state index contributed by atoms with van der Waals surface area (Å²) < 4.78 is 0. The van der Waals surface area contributed by atoms with Crippen molar-refractivity contribution in [2.75, 3.05) is 0 Å². The lowest BCUT2D eigenvalue weighted by Gasteiger charge is -2.32. The number of hydrogen-bond acceptors (Lipinski definition) is 3. The van der Waals surface area contributed by atoms with E-state index in [0.29, 0.717) is 11.1 Å². The fraction of sp³-hybridized carbons (Fsp3) is 0.636. The van der Waals surface area contributed by atoms with Gasteiger partial charge in [-0.25, -0.2) is 4.98 Å². The van der Waals surface area contributed by atoms with Crippen LogP contribution in [0, 0.1) is 0 Å². The van der Waals surface area contributed by atoms with Crippen LogP contribution in [0.4, 0.5) is 0 Å².